The highest BCUT2D eigenvalue weighted by atomic mass is 32.2. The van der Waals surface area contributed by atoms with Gasteiger partial charge in [0.05, 0.1) is 0 Å². The fourth-order valence-corrected chi connectivity index (χ4v) is 4.13. The van der Waals surface area contributed by atoms with Crippen molar-refractivity contribution in [1.29, 1.82) is 0 Å². The third kappa shape index (κ3) is 5.58. The first kappa shape index (κ1) is 17.9. The van der Waals surface area contributed by atoms with Gasteiger partial charge in [0.25, 0.3) is 0 Å². The van der Waals surface area contributed by atoms with Crippen molar-refractivity contribution in [1.82, 2.24) is 4.90 Å². The standard InChI is InChI=1S/C16H19NO4S2/c18-14(17-9-4-7-13(17)15(19)20)8-10-22-16(21)23-11-12-5-2-1-3-6-12/h1-3,5-6,13H,4,7-11H2,(H,19,20)/t13-/m0/s1. The van der Waals surface area contributed by atoms with E-state index in [0.717, 1.165) is 23.7 Å². The third-order valence-corrected chi connectivity index (χ3v) is 5.66. The highest BCUT2D eigenvalue weighted by Crippen LogP contribution is 2.23. The van der Waals surface area contributed by atoms with E-state index in [1.165, 1.54) is 16.7 Å². The summed E-state index contributed by atoms with van der Waals surface area (Å²) in [6, 6.07) is 9.03. The van der Waals surface area contributed by atoms with Crippen molar-refractivity contribution in [2.24, 2.45) is 0 Å². The lowest BCUT2D eigenvalue weighted by Gasteiger charge is -2.21. The number of carboxylic acid groups (broad SMARTS) is 1. The fourth-order valence-electron chi connectivity index (χ4n) is 2.45. The van der Waals surface area contributed by atoms with Crippen molar-refractivity contribution < 1.29 is 19.5 Å². The Morgan fingerprint density at radius 1 is 1.17 bits per heavy atom. The Kier molecular flexibility index (Phi) is 6.98. The molecule has 7 heteroatoms. The van der Waals surface area contributed by atoms with E-state index in [4.69, 9.17) is 5.11 Å². The molecule has 0 saturated carbocycles. The van der Waals surface area contributed by atoms with Crippen molar-refractivity contribution in [3.8, 4) is 0 Å². The highest BCUT2D eigenvalue weighted by Gasteiger charge is 2.33. The molecule has 1 aliphatic heterocycles. The fraction of sp³-hybridized carbons (Fsp3) is 0.438. The summed E-state index contributed by atoms with van der Waals surface area (Å²) in [5, 5.41) is 9.07. The second-order valence-corrected chi connectivity index (χ2v) is 7.48. The molecule has 1 fully saturated rings. The van der Waals surface area contributed by atoms with E-state index in [2.05, 4.69) is 0 Å². The van der Waals surface area contributed by atoms with Gasteiger partial charge in [-0.15, -0.1) is 0 Å². The van der Waals surface area contributed by atoms with Gasteiger partial charge in [0.15, 0.2) is 0 Å². The summed E-state index contributed by atoms with van der Waals surface area (Å²) in [6.07, 6.45) is 1.44. The predicted molar refractivity (Wildman–Crippen MR) is 92.6 cm³/mol. The Balaban J connectivity index is 1.67. The topological polar surface area (TPSA) is 74.7 Å². The number of carbonyl (C=O) groups excluding carboxylic acids is 2. The van der Waals surface area contributed by atoms with Crippen molar-refractivity contribution in [3.05, 3.63) is 35.9 Å². The maximum atomic E-state index is 12.1. The van der Waals surface area contributed by atoms with E-state index in [0.29, 0.717) is 24.5 Å². The monoisotopic (exact) mass is 353 g/mol. The van der Waals surface area contributed by atoms with Crippen LogP contribution in [0, 0.1) is 0 Å². The van der Waals surface area contributed by atoms with Crippen LogP contribution in [0.4, 0.5) is 4.79 Å². The van der Waals surface area contributed by atoms with Gasteiger partial charge in [0, 0.05) is 24.5 Å². The average molecular weight is 353 g/mol. The molecule has 1 atom stereocenters. The van der Waals surface area contributed by atoms with Crippen LogP contribution in [-0.4, -0.2) is 44.7 Å². The Bertz CT molecular complexity index is 564. The van der Waals surface area contributed by atoms with E-state index in [1.54, 1.807) is 0 Å². The molecule has 1 amide bonds. The first-order chi connectivity index (χ1) is 11.1. The molecule has 1 saturated heterocycles. The molecule has 1 heterocycles. The highest BCUT2D eigenvalue weighted by molar-refractivity contribution is 8.38. The lowest BCUT2D eigenvalue weighted by atomic mass is 10.2. The second kappa shape index (κ2) is 8.98. The van der Waals surface area contributed by atoms with Gasteiger partial charge in [-0.2, -0.15) is 0 Å². The summed E-state index contributed by atoms with van der Waals surface area (Å²) in [6.45, 7) is 0.497. The first-order valence-electron chi connectivity index (χ1n) is 7.43. The average Bonchev–Trinajstić information content (AvgIpc) is 3.04. The van der Waals surface area contributed by atoms with Crippen LogP contribution < -0.4 is 0 Å². The minimum absolute atomic E-state index is 0.0159. The summed E-state index contributed by atoms with van der Waals surface area (Å²) in [4.78, 5) is 36.3. The van der Waals surface area contributed by atoms with E-state index in [9.17, 15) is 14.4 Å². The zero-order valence-corrected chi connectivity index (χ0v) is 14.3. The Morgan fingerprint density at radius 3 is 2.61 bits per heavy atom. The van der Waals surface area contributed by atoms with Crippen molar-refractivity contribution in [2.75, 3.05) is 12.3 Å². The molecule has 5 nitrogen and oxygen atoms in total. The number of carboxylic acids is 1. The van der Waals surface area contributed by atoms with E-state index >= 15 is 0 Å². The van der Waals surface area contributed by atoms with E-state index < -0.39 is 12.0 Å². The van der Waals surface area contributed by atoms with Gasteiger partial charge in [-0.3, -0.25) is 9.59 Å². The van der Waals surface area contributed by atoms with Crippen molar-refractivity contribution in [2.45, 2.75) is 31.1 Å². The number of nitrogens with zero attached hydrogens (tertiary/aromatic N) is 1. The van der Waals surface area contributed by atoms with Crippen LogP contribution in [0.15, 0.2) is 30.3 Å². The lowest BCUT2D eigenvalue weighted by Crippen LogP contribution is -2.40. The molecule has 0 aliphatic carbocycles. The van der Waals surface area contributed by atoms with Crippen molar-refractivity contribution >= 4 is 39.8 Å². The maximum absolute atomic E-state index is 12.1. The van der Waals surface area contributed by atoms with Gasteiger partial charge in [0.2, 0.25) is 10.4 Å². The van der Waals surface area contributed by atoms with Crippen LogP contribution in [0.5, 0.6) is 0 Å². The number of aliphatic carboxylic acids is 1. The van der Waals surface area contributed by atoms with Crippen LogP contribution in [0.2, 0.25) is 0 Å². The SMILES string of the molecule is O=C(SCCC(=O)N1CCC[C@H]1C(=O)O)SCc1ccccc1. The molecule has 0 bridgehead atoms. The number of thioether (sulfide) groups is 2. The molecule has 2 rings (SSSR count). The molecule has 1 aromatic rings. The summed E-state index contributed by atoms with van der Waals surface area (Å²) in [5.41, 5.74) is 1.09. The number of likely N-dealkylation sites (tertiary alicyclic amines) is 1. The van der Waals surface area contributed by atoms with Crippen LogP contribution in [0.3, 0.4) is 0 Å². The largest absolute Gasteiger partial charge is 0.480 e. The normalized spacial score (nSPS) is 17.2. The van der Waals surface area contributed by atoms with Gasteiger partial charge in [0.1, 0.15) is 6.04 Å². The molecule has 23 heavy (non-hydrogen) atoms. The maximum Gasteiger partial charge on any atom is 0.326 e. The minimum Gasteiger partial charge on any atom is -0.480 e. The predicted octanol–water partition coefficient (Wildman–Crippen LogP) is 3.24. The number of hydrogen-bond acceptors (Lipinski definition) is 5. The number of rotatable bonds is 6. The first-order valence-corrected chi connectivity index (χ1v) is 9.41. The summed E-state index contributed by atoms with van der Waals surface area (Å²) < 4.78 is -0.0159. The number of amides is 1. The molecular formula is C16H19NO4S2. The molecule has 1 aromatic carbocycles. The number of benzene rings is 1. The molecule has 0 spiro atoms. The smallest absolute Gasteiger partial charge is 0.326 e. The molecule has 0 aromatic heterocycles. The van der Waals surface area contributed by atoms with Gasteiger partial charge in [-0.25, -0.2) is 4.79 Å². The molecule has 1 aliphatic rings. The van der Waals surface area contributed by atoms with Gasteiger partial charge in [-0.1, -0.05) is 53.9 Å². The number of carbonyl (C=O) groups is 3. The summed E-state index contributed by atoms with van der Waals surface area (Å²) in [7, 11) is 0. The van der Waals surface area contributed by atoms with Crippen LogP contribution in [-0.2, 0) is 15.3 Å². The lowest BCUT2D eigenvalue weighted by molar-refractivity contribution is -0.148. The molecular weight excluding hydrogens is 334 g/mol. The Morgan fingerprint density at radius 2 is 1.91 bits per heavy atom. The van der Waals surface area contributed by atoms with Crippen molar-refractivity contribution in [3.63, 3.8) is 0 Å². The number of hydrogen-bond donors (Lipinski definition) is 1. The molecule has 0 unspecified atom stereocenters. The molecule has 1 N–H and O–H groups in total. The Hall–Kier alpha value is -1.47. The quantitative estimate of drug-likeness (QED) is 0.846. The second-order valence-electron chi connectivity index (χ2n) is 5.21. The van der Waals surface area contributed by atoms with Gasteiger partial charge < -0.3 is 10.0 Å². The zero-order valence-electron chi connectivity index (χ0n) is 12.6. The summed E-state index contributed by atoms with van der Waals surface area (Å²) in [5.74, 6) is -0.114. The van der Waals surface area contributed by atoms with E-state index in [-0.39, 0.29) is 16.8 Å². The minimum atomic E-state index is -0.946. The van der Waals surface area contributed by atoms with E-state index in [1.807, 2.05) is 30.3 Å². The zero-order chi connectivity index (χ0) is 16.7. The summed E-state index contributed by atoms with van der Waals surface area (Å²) >= 11 is 2.35. The van der Waals surface area contributed by atoms with Crippen LogP contribution in [0.1, 0.15) is 24.8 Å². The third-order valence-electron chi connectivity index (χ3n) is 3.59. The van der Waals surface area contributed by atoms with Gasteiger partial charge >= 0.3 is 5.97 Å². The van der Waals surface area contributed by atoms with Crippen LogP contribution in [0.25, 0.3) is 0 Å². The molecule has 0 radical (unpaired) electrons. The van der Waals surface area contributed by atoms with Gasteiger partial charge in [-0.05, 0) is 18.4 Å². The molecule has 124 valence electrons. The Labute approximate surface area is 143 Å². The van der Waals surface area contributed by atoms with Crippen LogP contribution >= 0.6 is 23.5 Å².